The minimum Gasteiger partial charge on any atom is -0.360 e. The van der Waals surface area contributed by atoms with Crippen molar-refractivity contribution in [1.29, 1.82) is 0 Å². The number of anilines is 1. The summed E-state index contributed by atoms with van der Waals surface area (Å²) in [7, 11) is 1.70. The minimum absolute atomic E-state index is 0.0114. The highest BCUT2D eigenvalue weighted by molar-refractivity contribution is 6.30. The van der Waals surface area contributed by atoms with E-state index in [1.165, 1.54) is 4.68 Å². The van der Waals surface area contributed by atoms with Crippen molar-refractivity contribution in [3.8, 4) is 0 Å². The summed E-state index contributed by atoms with van der Waals surface area (Å²) in [4.78, 5) is 10.9. The van der Waals surface area contributed by atoms with E-state index in [4.69, 9.17) is 11.6 Å². The molecule has 2 rings (SSSR count). The van der Waals surface area contributed by atoms with Crippen LogP contribution in [0.15, 0.2) is 24.3 Å². The Bertz CT molecular complexity index is 650. The zero-order chi connectivity index (χ0) is 15.6. The van der Waals surface area contributed by atoms with Crippen LogP contribution in [0.2, 0.25) is 5.02 Å². The Morgan fingerprint density at radius 2 is 2.00 bits per heavy atom. The molecular weight excluding hydrogens is 292 g/mol. The van der Waals surface area contributed by atoms with Crippen molar-refractivity contribution in [3.05, 3.63) is 50.7 Å². The summed E-state index contributed by atoms with van der Waals surface area (Å²) in [5, 5.41) is 19.3. The fraction of sp³-hybridized carbons (Fsp3) is 0.357. The van der Waals surface area contributed by atoms with Crippen molar-refractivity contribution in [3.63, 3.8) is 0 Å². The number of hydrogen-bond donors (Lipinski definition) is 1. The zero-order valence-corrected chi connectivity index (χ0v) is 12.9. The third kappa shape index (κ3) is 3.33. The van der Waals surface area contributed by atoms with Gasteiger partial charge < -0.3 is 5.32 Å². The molecule has 1 aromatic heterocycles. The fourth-order valence-electron chi connectivity index (χ4n) is 2.09. The van der Waals surface area contributed by atoms with Gasteiger partial charge in [-0.2, -0.15) is 5.10 Å². The summed E-state index contributed by atoms with van der Waals surface area (Å²) < 4.78 is 1.52. The predicted molar refractivity (Wildman–Crippen MR) is 82.7 cm³/mol. The standard InChI is InChI=1S/C14H17ClN4O2/c1-9(2)12-13(19(20)21)14(18(3)17-12)16-8-10-4-6-11(15)7-5-10/h4-7,9,16H,8H2,1-3H3. The predicted octanol–water partition coefficient (Wildman–Crippen LogP) is 3.72. The van der Waals surface area contributed by atoms with E-state index in [1.54, 1.807) is 19.2 Å². The van der Waals surface area contributed by atoms with E-state index in [0.717, 1.165) is 5.56 Å². The number of aryl methyl sites for hydroxylation is 1. The van der Waals surface area contributed by atoms with Crippen molar-refractivity contribution in [2.24, 2.45) is 7.05 Å². The van der Waals surface area contributed by atoms with Gasteiger partial charge in [-0.1, -0.05) is 37.6 Å². The van der Waals surface area contributed by atoms with Crippen molar-refractivity contribution in [2.45, 2.75) is 26.3 Å². The third-order valence-corrected chi connectivity index (χ3v) is 3.40. The van der Waals surface area contributed by atoms with Crippen LogP contribution in [-0.2, 0) is 13.6 Å². The average molecular weight is 309 g/mol. The summed E-state index contributed by atoms with van der Waals surface area (Å²) in [5.74, 6) is 0.404. The van der Waals surface area contributed by atoms with E-state index in [9.17, 15) is 10.1 Å². The number of hydrogen-bond acceptors (Lipinski definition) is 4. The molecule has 0 amide bonds. The van der Waals surface area contributed by atoms with Gasteiger partial charge in [-0.05, 0) is 17.7 Å². The van der Waals surface area contributed by atoms with Crippen molar-refractivity contribution in [1.82, 2.24) is 9.78 Å². The third-order valence-electron chi connectivity index (χ3n) is 3.15. The fourth-order valence-corrected chi connectivity index (χ4v) is 2.21. The normalized spacial score (nSPS) is 10.9. The molecule has 0 aliphatic carbocycles. The molecule has 0 aliphatic heterocycles. The Morgan fingerprint density at radius 1 is 1.38 bits per heavy atom. The number of nitrogens with one attached hydrogen (secondary N) is 1. The summed E-state index contributed by atoms with van der Waals surface area (Å²) >= 11 is 5.84. The number of aromatic nitrogens is 2. The summed E-state index contributed by atoms with van der Waals surface area (Å²) in [6, 6.07) is 7.33. The van der Waals surface area contributed by atoms with Crippen LogP contribution >= 0.6 is 11.6 Å². The van der Waals surface area contributed by atoms with Gasteiger partial charge in [0, 0.05) is 24.5 Å². The van der Waals surface area contributed by atoms with E-state index < -0.39 is 0 Å². The van der Waals surface area contributed by atoms with Gasteiger partial charge in [0.05, 0.1) is 4.92 Å². The van der Waals surface area contributed by atoms with Gasteiger partial charge in [0.25, 0.3) is 0 Å². The van der Waals surface area contributed by atoms with Gasteiger partial charge in [-0.15, -0.1) is 0 Å². The molecule has 1 N–H and O–H groups in total. The Morgan fingerprint density at radius 3 is 2.52 bits per heavy atom. The highest BCUT2D eigenvalue weighted by atomic mass is 35.5. The SMILES string of the molecule is CC(C)c1nn(C)c(NCc2ccc(Cl)cc2)c1[N+](=O)[O-]. The first-order valence-electron chi connectivity index (χ1n) is 6.59. The molecule has 7 heteroatoms. The van der Waals surface area contributed by atoms with Crippen LogP contribution in [-0.4, -0.2) is 14.7 Å². The monoisotopic (exact) mass is 308 g/mol. The second-order valence-corrected chi connectivity index (χ2v) is 5.53. The summed E-state index contributed by atoms with van der Waals surface area (Å²) in [6.07, 6.45) is 0. The number of halogens is 1. The van der Waals surface area contributed by atoms with Crippen molar-refractivity contribution < 1.29 is 4.92 Å². The van der Waals surface area contributed by atoms with Crippen LogP contribution in [0.3, 0.4) is 0 Å². The Labute approximate surface area is 127 Å². The van der Waals surface area contributed by atoms with Gasteiger partial charge in [0.1, 0.15) is 5.69 Å². The molecule has 0 radical (unpaired) electrons. The highest BCUT2D eigenvalue weighted by Crippen LogP contribution is 2.33. The molecular formula is C14H17ClN4O2. The van der Waals surface area contributed by atoms with Crippen LogP contribution in [0.5, 0.6) is 0 Å². The second-order valence-electron chi connectivity index (χ2n) is 5.10. The quantitative estimate of drug-likeness (QED) is 0.675. The van der Waals surface area contributed by atoms with Crippen LogP contribution in [0, 0.1) is 10.1 Å². The first kappa shape index (κ1) is 15.3. The highest BCUT2D eigenvalue weighted by Gasteiger charge is 2.28. The zero-order valence-electron chi connectivity index (χ0n) is 12.1. The maximum Gasteiger partial charge on any atom is 0.334 e. The van der Waals surface area contributed by atoms with E-state index in [1.807, 2.05) is 26.0 Å². The molecule has 6 nitrogen and oxygen atoms in total. The first-order valence-corrected chi connectivity index (χ1v) is 6.97. The van der Waals surface area contributed by atoms with E-state index in [-0.39, 0.29) is 16.5 Å². The van der Waals surface area contributed by atoms with Gasteiger partial charge in [-0.25, -0.2) is 4.68 Å². The van der Waals surface area contributed by atoms with Gasteiger partial charge in [0.2, 0.25) is 5.82 Å². The molecule has 0 aliphatic rings. The van der Waals surface area contributed by atoms with Crippen molar-refractivity contribution >= 4 is 23.1 Å². The molecule has 21 heavy (non-hydrogen) atoms. The van der Waals surface area contributed by atoms with Crippen molar-refractivity contribution in [2.75, 3.05) is 5.32 Å². The molecule has 112 valence electrons. The second kappa shape index (κ2) is 6.13. The van der Waals surface area contributed by atoms with E-state index in [2.05, 4.69) is 10.4 Å². The van der Waals surface area contributed by atoms with E-state index >= 15 is 0 Å². The first-order chi connectivity index (χ1) is 9.90. The summed E-state index contributed by atoms with van der Waals surface area (Å²) in [5.41, 5.74) is 1.52. The molecule has 2 aromatic rings. The topological polar surface area (TPSA) is 73.0 Å². The Hall–Kier alpha value is -2.08. The molecule has 1 aromatic carbocycles. The minimum atomic E-state index is -0.382. The Kier molecular flexibility index (Phi) is 4.47. The summed E-state index contributed by atoms with van der Waals surface area (Å²) in [6.45, 7) is 4.24. The molecule has 0 saturated carbocycles. The molecule has 0 saturated heterocycles. The maximum absolute atomic E-state index is 11.3. The lowest BCUT2D eigenvalue weighted by molar-refractivity contribution is -0.384. The number of nitro groups is 1. The molecule has 1 heterocycles. The lowest BCUT2D eigenvalue weighted by Crippen LogP contribution is -2.06. The average Bonchev–Trinajstić information content (AvgIpc) is 2.75. The number of nitrogens with zero attached hydrogens (tertiary/aromatic N) is 3. The van der Waals surface area contributed by atoms with Crippen LogP contribution in [0.25, 0.3) is 0 Å². The lowest BCUT2D eigenvalue weighted by atomic mass is 10.1. The maximum atomic E-state index is 11.3. The molecule has 0 unspecified atom stereocenters. The van der Waals surface area contributed by atoms with Gasteiger partial charge >= 0.3 is 5.69 Å². The molecule has 0 fully saturated rings. The number of rotatable bonds is 5. The smallest absolute Gasteiger partial charge is 0.334 e. The van der Waals surface area contributed by atoms with E-state index in [0.29, 0.717) is 23.1 Å². The molecule has 0 spiro atoms. The largest absolute Gasteiger partial charge is 0.360 e. The van der Waals surface area contributed by atoms with Gasteiger partial charge in [0.15, 0.2) is 0 Å². The molecule has 0 atom stereocenters. The van der Waals surface area contributed by atoms with Crippen LogP contribution in [0.1, 0.15) is 31.0 Å². The van der Waals surface area contributed by atoms with Gasteiger partial charge in [-0.3, -0.25) is 10.1 Å². The Balaban J connectivity index is 2.27. The molecule has 0 bridgehead atoms. The lowest BCUT2D eigenvalue weighted by Gasteiger charge is -2.06. The van der Waals surface area contributed by atoms with Crippen LogP contribution in [0.4, 0.5) is 11.5 Å². The van der Waals surface area contributed by atoms with Crippen LogP contribution < -0.4 is 5.32 Å². The number of benzene rings is 1.